The largest absolute Gasteiger partial charge is 0.480 e. The molecule has 0 fully saturated rings. The maximum absolute atomic E-state index is 12.2. The Bertz CT molecular complexity index is 685. The molecule has 0 aromatic carbocycles. The summed E-state index contributed by atoms with van der Waals surface area (Å²) < 4.78 is 0. The fraction of sp³-hybridized carbons (Fsp3) is 0.533. The summed E-state index contributed by atoms with van der Waals surface area (Å²) in [5.41, 5.74) is 5.88. The van der Waals surface area contributed by atoms with Crippen LogP contribution in [0.4, 0.5) is 0 Å². The summed E-state index contributed by atoms with van der Waals surface area (Å²) in [7, 11) is 0. The molecule has 0 radical (unpaired) electrons. The number of nitrogens with zero attached hydrogens (tertiary/aromatic N) is 1. The molecule has 8 N–H and O–H groups in total. The molecule has 4 atom stereocenters. The third kappa shape index (κ3) is 7.17. The highest BCUT2D eigenvalue weighted by atomic mass is 32.1. The van der Waals surface area contributed by atoms with E-state index in [1.54, 1.807) is 0 Å². The summed E-state index contributed by atoms with van der Waals surface area (Å²) in [5, 5.41) is 25.1. The first-order valence-corrected chi connectivity index (χ1v) is 8.91. The Hall–Kier alpha value is -2.64. The number of aliphatic hydroxyl groups is 1. The number of carboxylic acids is 1. The number of thiol groups is 1. The summed E-state index contributed by atoms with van der Waals surface area (Å²) in [6.07, 6.45) is 2.80. The van der Waals surface area contributed by atoms with Gasteiger partial charge in [-0.1, -0.05) is 0 Å². The van der Waals surface area contributed by atoms with E-state index in [2.05, 4.69) is 38.5 Å². The summed E-state index contributed by atoms with van der Waals surface area (Å²) in [4.78, 5) is 54.0. The van der Waals surface area contributed by atoms with Crippen LogP contribution in [0, 0.1) is 0 Å². The minimum atomic E-state index is -1.25. The van der Waals surface area contributed by atoms with Crippen molar-refractivity contribution < 1.29 is 29.4 Å². The first-order chi connectivity index (χ1) is 13.2. The topological polar surface area (TPSA) is 200 Å². The second-order valence-corrected chi connectivity index (χ2v) is 6.31. The SMILES string of the molecule is CC(NC(=O)C(CS)NC(=O)C(N)CO)C(=O)NC(Cc1cnc[nH]1)C(=O)O. The molecule has 3 amide bonds. The van der Waals surface area contributed by atoms with Gasteiger partial charge in [0, 0.05) is 24.1 Å². The number of carbonyl (C=O) groups excluding carboxylic acids is 3. The second-order valence-electron chi connectivity index (χ2n) is 5.94. The molecule has 0 saturated heterocycles. The molecule has 1 aromatic heterocycles. The molecule has 1 heterocycles. The van der Waals surface area contributed by atoms with Crippen LogP contribution < -0.4 is 21.7 Å². The molecule has 4 unspecified atom stereocenters. The van der Waals surface area contributed by atoms with Crippen LogP contribution >= 0.6 is 12.6 Å². The predicted molar refractivity (Wildman–Crippen MR) is 100 cm³/mol. The molecule has 0 aliphatic heterocycles. The van der Waals surface area contributed by atoms with Crippen LogP contribution in [0.25, 0.3) is 0 Å². The zero-order valence-corrected chi connectivity index (χ0v) is 16.0. The van der Waals surface area contributed by atoms with Gasteiger partial charge in [0.1, 0.15) is 24.2 Å². The van der Waals surface area contributed by atoms with Crippen LogP contribution in [0.2, 0.25) is 0 Å². The van der Waals surface area contributed by atoms with E-state index in [9.17, 15) is 24.3 Å². The molecule has 1 aromatic rings. The maximum Gasteiger partial charge on any atom is 0.326 e. The number of rotatable bonds is 11. The number of amides is 3. The van der Waals surface area contributed by atoms with E-state index in [0.29, 0.717) is 5.69 Å². The van der Waals surface area contributed by atoms with Crippen molar-refractivity contribution in [1.29, 1.82) is 0 Å². The first-order valence-electron chi connectivity index (χ1n) is 8.28. The lowest BCUT2D eigenvalue weighted by Gasteiger charge is -2.22. The molecule has 0 bridgehead atoms. The minimum absolute atomic E-state index is 0.0177. The van der Waals surface area contributed by atoms with Crippen molar-refractivity contribution in [3.05, 3.63) is 18.2 Å². The van der Waals surface area contributed by atoms with E-state index < -0.39 is 54.5 Å². The Balaban J connectivity index is 2.64. The molecule has 0 saturated carbocycles. The smallest absolute Gasteiger partial charge is 0.326 e. The highest BCUT2D eigenvalue weighted by molar-refractivity contribution is 7.80. The van der Waals surface area contributed by atoms with Gasteiger partial charge < -0.3 is 36.9 Å². The van der Waals surface area contributed by atoms with E-state index in [1.165, 1.54) is 19.4 Å². The number of aliphatic hydroxyl groups excluding tert-OH is 1. The number of aromatic amines is 1. The number of aliphatic carboxylic acids is 1. The highest BCUT2D eigenvalue weighted by Crippen LogP contribution is 2.00. The van der Waals surface area contributed by atoms with Gasteiger partial charge in [-0.05, 0) is 6.92 Å². The van der Waals surface area contributed by atoms with Crippen LogP contribution in [-0.2, 0) is 25.6 Å². The summed E-state index contributed by atoms with van der Waals surface area (Å²) in [6, 6.07) is -4.60. The van der Waals surface area contributed by atoms with E-state index in [1.807, 2.05) is 0 Å². The lowest BCUT2D eigenvalue weighted by atomic mass is 10.1. The zero-order chi connectivity index (χ0) is 21.3. The van der Waals surface area contributed by atoms with Crippen molar-refractivity contribution in [1.82, 2.24) is 25.9 Å². The molecule has 1 rings (SSSR count). The Morgan fingerprint density at radius 2 is 1.82 bits per heavy atom. The molecule has 0 aliphatic carbocycles. The number of nitrogens with one attached hydrogen (secondary N) is 4. The van der Waals surface area contributed by atoms with Crippen molar-refractivity contribution >= 4 is 36.3 Å². The predicted octanol–water partition coefficient (Wildman–Crippen LogP) is -3.24. The summed E-state index contributed by atoms with van der Waals surface area (Å²) in [5.74, 6) is -3.52. The molecular weight excluding hydrogens is 392 g/mol. The average Bonchev–Trinajstić information content (AvgIpc) is 3.17. The van der Waals surface area contributed by atoms with E-state index >= 15 is 0 Å². The number of aromatic nitrogens is 2. The van der Waals surface area contributed by atoms with Gasteiger partial charge in [0.15, 0.2) is 0 Å². The summed E-state index contributed by atoms with van der Waals surface area (Å²) >= 11 is 3.97. The van der Waals surface area contributed by atoms with Crippen molar-refractivity contribution in [3.63, 3.8) is 0 Å². The minimum Gasteiger partial charge on any atom is -0.480 e. The standard InChI is InChI=1S/C15H24N6O6S/c1-7(19-14(25)11(5-28)21-13(24)9(16)4-22)12(23)20-10(15(26)27)2-8-3-17-6-18-8/h3,6-7,9-11,22,28H,2,4-5,16H2,1H3,(H,17,18)(H,19,25)(H,20,23)(H,21,24)(H,26,27). The lowest BCUT2D eigenvalue weighted by molar-refractivity contribution is -0.142. The van der Waals surface area contributed by atoms with Gasteiger partial charge in [-0.3, -0.25) is 14.4 Å². The van der Waals surface area contributed by atoms with Gasteiger partial charge in [0.2, 0.25) is 17.7 Å². The fourth-order valence-electron chi connectivity index (χ4n) is 2.05. The van der Waals surface area contributed by atoms with Crippen molar-refractivity contribution in [3.8, 4) is 0 Å². The Labute approximate surface area is 166 Å². The Morgan fingerprint density at radius 1 is 1.18 bits per heavy atom. The van der Waals surface area contributed by atoms with Crippen LogP contribution in [0.3, 0.4) is 0 Å². The van der Waals surface area contributed by atoms with Crippen molar-refractivity contribution in [2.75, 3.05) is 12.4 Å². The number of nitrogens with two attached hydrogens (primary N) is 1. The molecule has 0 aliphatic rings. The number of hydrogen-bond donors (Lipinski definition) is 8. The van der Waals surface area contributed by atoms with Crippen LogP contribution in [0.5, 0.6) is 0 Å². The normalized spacial score (nSPS) is 15.0. The molecule has 0 spiro atoms. The number of carbonyl (C=O) groups is 4. The van der Waals surface area contributed by atoms with Gasteiger partial charge in [-0.25, -0.2) is 9.78 Å². The van der Waals surface area contributed by atoms with Gasteiger partial charge in [-0.15, -0.1) is 0 Å². The van der Waals surface area contributed by atoms with Crippen LogP contribution in [0.15, 0.2) is 12.5 Å². The van der Waals surface area contributed by atoms with Gasteiger partial charge in [0.25, 0.3) is 0 Å². The number of H-pyrrole nitrogens is 1. The molecular formula is C15H24N6O6S. The lowest BCUT2D eigenvalue weighted by Crippen LogP contribution is -2.57. The average molecular weight is 416 g/mol. The van der Waals surface area contributed by atoms with E-state index in [4.69, 9.17) is 10.8 Å². The van der Waals surface area contributed by atoms with Gasteiger partial charge in [0.05, 0.1) is 12.9 Å². The van der Waals surface area contributed by atoms with Gasteiger partial charge >= 0.3 is 5.97 Å². The third-order valence-corrected chi connectivity index (χ3v) is 4.06. The quantitative estimate of drug-likeness (QED) is 0.172. The molecule has 28 heavy (non-hydrogen) atoms. The number of hydrogen-bond acceptors (Lipinski definition) is 8. The van der Waals surface area contributed by atoms with Crippen molar-refractivity contribution in [2.45, 2.75) is 37.5 Å². The number of imidazole rings is 1. The zero-order valence-electron chi connectivity index (χ0n) is 15.1. The van der Waals surface area contributed by atoms with Gasteiger partial charge in [-0.2, -0.15) is 12.6 Å². The van der Waals surface area contributed by atoms with Crippen LogP contribution in [0.1, 0.15) is 12.6 Å². The molecule has 156 valence electrons. The highest BCUT2D eigenvalue weighted by Gasteiger charge is 2.27. The van der Waals surface area contributed by atoms with Crippen LogP contribution in [-0.4, -0.2) is 80.4 Å². The van der Waals surface area contributed by atoms with E-state index in [0.717, 1.165) is 0 Å². The second kappa shape index (κ2) is 11.3. The van der Waals surface area contributed by atoms with Crippen molar-refractivity contribution in [2.24, 2.45) is 5.73 Å². The monoisotopic (exact) mass is 416 g/mol. The molecule has 12 nitrogen and oxygen atoms in total. The van der Waals surface area contributed by atoms with E-state index in [-0.39, 0.29) is 12.2 Å². The maximum atomic E-state index is 12.2. The molecule has 13 heteroatoms. The Kier molecular flexibility index (Phi) is 9.41. The number of carboxylic acid groups (broad SMARTS) is 1. The summed E-state index contributed by atoms with van der Waals surface area (Å²) in [6.45, 7) is 0.762. The Morgan fingerprint density at radius 3 is 2.32 bits per heavy atom. The first kappa shape index (κ1) is 23.4. The third-order valence-electron chi connectivity index (χ3n) is 3.69. The fourth-order valence-corrected chi connectivity index (χ4v) is 2.31.